The number of H-pyrrole nitrogens is 1. The fourth-order valence-electron chi connectivity index (χ4n) is 2.33. The number of pyridine rings is 1. The Kier molecular flexibility index (Phi) is 3.13. The number of aromatic nitrogens is 3. The number of benzene rings is 1. The van der Waals surface area contributed by atoms with Crippen LogP contribution in [0.4, 0.5) is 5.69 Å². The molecule has 0 saturated heterocycles. The van der Waals surface area contributed by atoms with Crippen LogP contribution in [0.2, 0.25) is 0 Å². The average Bonchev–Trinajstić information content (AvgIpc) is 2.79. The Morgan fingerprint density at radius 2 is 2.00 bits per heavy atom. The molecular weight excluding hydrogens is 288 g/mol. The number of sulfonamides is 1. The van der Waals surface area contributed by atoms with Gasteiger partial charge in [-0.1, -0.05) is 12.1 Å². The number of fused-ring (bicyclic) bond motifs is 1. The Hall–Kier alpha value is -2.41. The highest BCUT2D eigenvalue weighted by atomic mass is 32.2. The summed E-state index contributed by atoms with van der Waals surface area (Å²) in [6.45, 7) is 3.34. The van der Waals surface area contributed by atoms with Gasteiger partial charge >= 0.3 is 0 Å². The van der Waals surface area contributed by atoms with Gasteiger partial charge in [-0.2, -0.15) is 5.10 Å². The van der Waals surface area contributed by atoms with E-state index < -0.39 is 10.0 Å². The van der Waals surface area contributed by atoms with Gasteiger partial charge in [-0.05, 0) is 31.4 Å². The molecule has 108 valence electrons. The van der Waals surface area contributed by atoms with E-state index in [1.54, 1.807) is 38.4 Å². The van der Waals surface area contributed by atoms with Crippen molar-refractivity contribution >= 4 is 26.5 Å². The summed E-state index contributed by atoms with van der Waals surface area (Å²) >= 11 is 0. The van der Waals surface area contributed by atoms with Crippen molar-refractivity contribution in [2.75, 3.05) is 4.72 Å². The average molecular weight is 302 g/mol. The van der Waals surface area contributed by atoms with E-state index in [0.29, 0.717) is 17.1 Å². The number of aromatic amines is 1. The zero-order valence-electron chi connectivity index (χ0n) is 11.6. The molecule has 0 bridgehead atoms. The molecule has 1 aromatic carbocycles. The smallest absolute Gasteiger partial charge is 0.265 e. The third kappa shape index (κ3) is 2.36. The van der Waals surface area contributed by atoms with E-state index in [2.05, 4.69) is 19.9 Å². The van der Waals surface area contributed by atoms with Gasteiger partial charge in [0, 0.05) is 17.8 Å². The normalized spacial score (nSPS) is 11.7. The highest BCUT2D eigenvalue weighted by Crippen LogP contribution is 2.26. The molecule has 0 aliphatic heterocycles. The third-order valence-electron chi connectivity index (χ3n) is 3.26. The molecule has 0 aliphatic rings. The van der Waals surface area contributed by atoms with E-state index in [9.17, 15) is 8.42 Å². The summed E-state index contributed by atoms with van der Waals surface area (Å²) in [7, 11) is -3.69. The fraction of sp³-hybridized carbons (Fsp3) is 0.143. The van der Waals surface area contributed by atoms with Gasteiger partial charge < -0.3 is 0 Å². The first-order chi connectivity index (χ1) is 9.99. The van der Waals surface area contributed by atoms with E-state index in [4.69, 9.17) is 0 Å². The predicted octanol–water partition coefficient (Wildman–Crippen LogP) is 2.38. The highest BCUT2D eigenvalue weighted by Gasteiger charge is 2.22. The van der Waals surface area contributed by atoms with Crippen molar-refractivity contribution in [1.82, 2.24) is 15.2 Å². The van der Waals surface area contributed by atoms with Crippen LogP contribution in [0.3, 0.4) is 0 Å². The number of anilines is 1. The van der Waals surface area contributed by atoms with Crippen LogP contribution in [-0.4, -0.2) is 23.6 Å². The molecule has 0 radical (unpaired) electrons. The second-order valence-corrected chi connectivity index (χ2v) is 6.39. The number of hydrogen-bond acceptors (Lipinski definition) is 4. The van der Waals surface area contributed by atoms with Crippen LogP contribution < -0.4 is 4.72 Å². The minimum atomic E-state index is -3.69. The molecule has 3 rings (SSSR count). The van der Waals surface area contributed by atoms with Gasteiger partial charge in [0.2, 0.25) is 0 Å². The van der Waals surface area contributed by atoms with Gasteiger partial charge in [0.15, 0.2) is 0 Å². The molecule has 7 heteroatoms. The van der Waals surface area contributed by atoms with Gasteiger partial charge in [0.1, 0.15) is 4.90 Å². The lowest BCUT2D eigenvalue weighted by Crippen LogP contribution is -2.14. The first kappa shape index (κ1) is 13.6. The summed E-state index contributed by atoms with van der Waals surface area (Å²) < 4.78 is 27.7. The van der Waals surface area contributed by atoms with E-state index in [1.807, 2.05) is 12.1 Å². The van der Waals surface area contributed by atoms with Gasteiger partial charge in [-0.3, -0.25) is 14.8 Å². The second-order valence-electron chi connectivity index (χ2n) is 4.77. The minimum Gasteiger partial charge on any atom is -0.281 e. The SMILES string of the molecule is Cc1n[nH]c(C)c1S(=O)(=O)Nc1cccc2ccncc12. The van der Waals surface area contributed by atoms with Gasteiger partial charge in [0.25, 0.3) is 10.0 Å². The molecule has 2 aromatic heterocycles. The lowest BCUT2D eigenvalue weighted by molar-refractivity contribution is 0.600. The molecular formula is C14H14N4O2S. The zero-order chi connectivity index (χ0) is 15.0. The van der Waals surface area contributed by atoms with Crippen LogP contribution in [0.25, 0.3) is 10.8 Å². The zero-order valence-corrected chi connectivity index (χ0v) is 12.4. The Balaban J connectivity index is 2.10. The molecule has 0 atom stereocenters. The molecule has 2 N–H and O–H groups in total. The van der Waals surface area contributed by atoms with Crippen LogP contribution in [0.15, 0.2) is 41.6 Å². The number of rotatable bonds is 3. The predicted molar refractivity (Wildman–Crippen MR) is 80.6 cm³/mol. The maximum Gasteiger partial charge on any atom is 0.265 e. The van der Waals surface area contributed by atoms with Crippen molar-refractivity contribution in [2.24, 2.45) is 0 Å². The van der Waals surface area contributed by atoms with Crippen LogP contribution in [0, 0.1) is 13.8 Å². The quantitative estimate of drug-likeness (QED) is 0.777. The topological polar surface area (TPSA) is 87.7 Å². The molecule has 0 fully saturated rings. The summed E-state index contributed by atoms with van der Waals surface area (Å²) in [5.41, 5.74) is 1.46. The highest BCUT2D eigenvalue weighted by molar-refractivity contribution is 7.92. The van der Waals surface area contributed by atoms with E-state index in [1.165, 1.54) is 0 Å². The van der Waals surface area contributed by atoms with Crippen molar-refractivity contribution in [3.05, 3.63) is 48.0 Å². The van der Waals surface area contributed by atoms with Gasteiger partial charge in [0.05, 0.1) is 17.1 Å². The molecule has 0 unspecified atom stereocenters. The van der Waals surface area contributed by atoms with Crippen LogP contribution >= 0.6 is 0 Å². The van der Waals surface area contributed by atoms with Crippen molar-refractivity contribution in [3.8, 4) is 0 Å². The molecule has 0 saturated carbocycles. The summed E-state index contributed by atoms with van der Waals surface area (Å²) in [6.07, 6.45) is 3.31. The summed E-state index contributed by atoms with van der Waals surface area (Å²) in [5.74, 6) is 0. The maximum absolute atomic E-state index is 12.6. The van der Waals surface area contributed by atoms with Crippen molar-refractivity contribution in [3.63, 3.8) is 0 Å². The molecule has 21 heavy (non-hydrogen) atoms. The van der Waals surface area contributed by atoms with E-state index in [0.717, 1.165) is 10.8 Å². The largest absolute Gasteiger partial charge is 0.281 e. The first-order valence-electron chi connectivity index (χ1n) is 6.36. The lowest BCUT2D eigenvalue weighted by Gasteiger charge is -2.10. The Labute approximate surface area is 122 Å². The van der Waals surface area contributed by atoms with Crippen LogP contribution in [-0.2, 0) is 10.0 Å². The van der Waals surface area contributed by atoms with E-state index >= 15 is 0 Å². The number of hydrogen-bond donors (Lipinski definition) is 2. The monoisotopic (exact) mass is 302 g/mol. The molecule has 3 aromatic rings. The van der Waals surface area contributed by atoms with Gasteiger partial charge in [-0.15, -0.1) is 0 Å². The van der Waals surface area contributed by atoms with Gasteiger partial charge in [-0.25, -0.2) is 8.42 Å². The first-order valence-corrected chi connectivity index (χ1v) is 7.84. The number of nitrogens with one attached hydrogen (secondary N) is 2. The Bertz CT molecular complexity index is 891. The van der Waals surface area contributed by atoms with Crippen molar-refractivity contribution < 1.29 is 8.42 Å². The summed E-state index contributed by atoms with van der Waals surface area (Å²) in [5, 5.41) is 8.29. The fourth-order valence-corrected chi connectivity index (χ4v) is 3.79. The minimum absolute atomic E-state index is 0.184. The van der Waals surface area contributed by atoms with Crippen molar-refractivity contribution in [2.45, 2.75) is 18.7 Å². The molecule has 2 heterocycles. The summed E-state index contributed by atoms with van der Waals surface area (Å²) in [4.78, 5) is 4.23. The Morgan fingerprint density at radius 3 is 2.71 bits per heavy atom. The standard InChI is InChI=1S/C14H14N4O2S/c1-9-14(10(2)17-16-9)21(19,20)18-13-5-3-4-11-6-7-15-8-12(11)13/h3-8,18H,1-2H3,(H,16,17). The number of nitrogens with zero attached hydrogens (tertiary/aromatic N) is 2. The second kappa shape index (κ2) is 4.85. The van der Waals surface area contributed by atoms with E-state index in [-0.39, 0.29) is 4.90 Å². The summed E-state index contributed by atoms with van der Waals surface area (Å²) in [6, 6.07) is 7.26. The van der Waals surface area contributed by atoms with Crippen molar-refractivity contribution in [1.29, 1.82) is 0 Å². The van der Waals surface area contributed by atoms with Crippen LogP contribution in [0.1, 0.15) is 11.4 Å². The molecule has 0 spiro atoms. The third-order valence-corrected chi connectivity index (χ3v) is 4.88. The lowest BCUT2D eigenvalue weighted by atomic mass is 10.1. The molecule has 6 nitrogen and oxygen atoms in total. The van der Waals surface area contributed by atoms with Crippen LogP contribution in [0.5, 0.6) is 0 Å². The Morgan fingerprint density at radius 1 is 1.19 bits per heavy atom. The number of aryl methyl sites for hydroxylation is 2. The maximum atomic E-state index is 12.6. The molecule has 0 aliphatic carbocycles. The molecule has 0 amide bonds.